The van der Waals surface area contributed by atoms with Gasteiger partial charge in [0.25, 0.3) is 0 Å². The summed E-state index contributed by atoms with van der Waals surface area (Å²) in [6.07, 6.45) is 3.50. The third kappa shape index (κ3) is 3.44. The largest absolute Gasteiger partial charge is 0.493 e. The number of rotatable bonds is 6. The smallest absolute Gasteiger partial charge is 0.165 e. The zero-order chi connectivity index (χ0) is 19.3. The second-order valence-electron chi connectivity index (χ2n) is 6.16. The van der Waals surface area contributed by atoms with Crippen LogP contribution in [-0.2, 0) is 6.54 Å². The number of hydrogen-bond acceptors (Lipinski definition) is 6. The van der Waals surface area contributed by atoms with Gasteiger partial charge in [-0.25, -0.2) is 9.97 Å². The van der Waals surface area contributed by atoms with Crippen molar-refractivity contribution < 1.29 is 9.47 Å². The molecule has 0 unspecified atom stereocenters. The Labute approximate surface area is 163 Å². The van der Waals surface area contributed by atoms with E-state index in [-0.39, 0.29) is 0 Å². The lowest BCUT2D eigenvalue weighted by molar-refractivity contribution is 0.352. The van der Waals surface area contributed by atoms with Gasteiger partial charge in [-0.2, -0.15) is 0 Å². The minimum absolute atomic E-state index is 0.536. The van der Waals surface area contributed by atoms with Crippen LogP contribution in [0.2, 0.25) is 0 Å². The molecule has 0 atom stereocenters. The van der Waals surface area contributed by atoms with Gasteiger partial charge in [-0.1, -0.05) is 24.3 Å². The van der Waals surface area contributed by atoms with E-state index in [1.165, 1.54) is 0 Å². The van der Waals surface area contributed by atoms with Gasteiger partial charge in [-0.3, -0.25) is 4.98 Å². The summed E-state index contributed by atoms with van der Waals surface area (Å²) in [5.41, 5.74) is 2.72. The van der Waals surface area contributed by atoms with E-state index >= 15 is 0 Å². The maximum Gasteiger partial charge on any atom is 0.165 e. The Morgan fingerprint density at radius 1 is 0.893 bits per heavy atom. The molecule has 1 N–H and O–H groups in total. The fourth-order valence-electron chi connectivity index (χ4n) is 3.11. The van der Waals surface area contributed by atoms with Crippen molar-refractivity contribution in [1.82, 2.24) is 15.0 Å². The highest BCUT2D eigenvalue weighted by Gasteiger charge is 2.12. The first-order valence-electron chi connectivity index (χ1n) is 8.91. The van der Waals surface area contributed by atoms with Crippen LogP contribution in [0.4, 0.5) is 5.82 Å². The average Bonchev–Trinajstić information content (AvgIpc) is 2.77. The highest BCUT2D eigenvalue weighted by atomic mass is 16.5. The molecule has 0 amide bonds. The second-order valence-corrected chi connectivity index (χ2v) is 6.16. The summed E-state index contributed by atoms with van der Waals surface area (Å²) in [6, 6.07) is 17.6. The molecule has 0 bridgehead atoms. The van der Waals surface area contributed by atoms with E-state index in [9.17, 15) is 0 Å². The number of nitrogens with zero attached hydrogens (tertiary/aromatic N) is 3. The molecule has 0 aliphatic carbocycles. The van der Waals surface area contributed by atoms with Crippen LogP contribution in [0.5, 0.6) is 11.5 Å². The number of pyridine rings is 1. The second kappa shape index (κ2) is 7.92. The lowest BCUT2D eigenvalue weighted by Crippen LogP contribution is -2.06. The van der Waals surface area contributed by atoms with Gasteiger partial charge in [0.1, 0.15) is 5.82 Å². The van der Waals surface area contributed by atoms with E-state index < -0.39 is 0 Å². The van der Waals surface area contributed by atoms with Crippen LogP contribution in [0, 0.1) is 0 Å². The number of benzene rings is 2. The topological polar surface area (TPSA) is 69.2 Å². The van der Waals surface area contributed by atoms with Crippen molar-refractivity contribution in [3.63, 3.8) is 0 Å². The molecule has 2 aromatic carbocycles. The number of ether oxygens (including phenoxy) is 2. The van der Waals surface area contributed by atoms with Crippen LogP contribution in [0.15, 0.2) is 67.0 Å². The van der Waals surface area contributed by atoms with Crippen LogP contribution in [0.25, 0.3) is 22.3 Å². The molecule has 0 aliphatic rings. The molecule has 0 saturated heterocycles. The van der Waals surface area contributed by atoms with Crippen molar-refractivity contribution >= 4 is 16.7 Å². The highest BCUT2D eigenvalue weighted by Crippen LogP contribution is 2.32. The number of nitrogens with one attached hydrogen (secondary N) is 1. The summed E-state index contributed by atoms with van der Waals surface area (Å²) in [7, 11) is 3.27. The summed E-state index contributed by atoms with van der Waals surface area (Å²) in [5.74, 6) is 2.80. The quantitative estimate of drug-likeness (QED) is 0.544. The number of aromatic nitrogens is 3. The minimum Gasteiger partial charge on any atom is -0.493 e. The fourth-order valence-corrected chi connectivity index (χ4v) is 3.11. The molecule has 2 heterocycles. The highest BCUT2D eigenvalue weighted by molar-refractivity contribution is 5.90. The van der Waals surface area contributed by atoms with Gasteiger partial charge in [0, 0.05) is 35.5 Å². The fraction of sp³-hybridized carbons (Fsp3) is 0.136. The lowest BCUT2D eigenvalue weighted by atomic mass is 10.1. The third-order valence-corrected chi connectivity index (χ3v) is 4.45. The third-order valence-electron chi connectivity index (χ3n) is 4.45. The van der Waals surface area contributed by atoms with Gasteiger partial charge in [-0.15, -0.1) is 0 Å². The summed E-state index contributed by atoms with van der Waals surface area (Å²) >= 11 is 0. The standard InChI is InChI=1S/C22H20N4O2/c1-27-19-11-5-7-15(20(19)28-2)14-24-22-17-9-3-4-10-18(17)25-21(26-22)16-8-6-12-23-13-16/h3-13H,14H2,1-2H3,(H,24,25,26). The zero-order valence-electron chi connectivity index (χ0n) is 15.7. The van der Waals surface area contributed by atoms with E-state index in [1.807, 2.05) is 54.6 Å². The summed E-state index contributed by atoms with van der Waals surface area (Å²) in [4.78, 5) is 13.6. The zero-order valence-corrected chi connectivity index (χ0v) is 15.7. The Morgan fingerprint density at radius 3 is 2.57 bits per heavy atom. The first-order valence-corrected chi connectivity index (χ1v) is 8.91. The summed E-state index contributed by atoms with van der Waals surface area (Å²) in [6.45, 7) is 0.536. The predicted octanol–water partition coefficient (Wildman–Crippen LogP) is 4.32. The normalized spacial score (nSPS) is 10.6. The molecule has 4 aromatic rings. The first-order chi connectivity index (χ1) is 13.8. The van der Waals surface area contributed by atoms with E-state index in [0.717, 1.165) is 27.8 Å². The van der Waals surface area contributed by atoms with Gasteiger partial charge in [0.05, 0.1) is 19.7 Å². The van der Waals surface area contributed by atoms with Gasteiger partial charge < -0.3 is 14.8 Å². The Bertz CT molecular complexity index is 1100. The van der Waals surface area contributed by atoms with Crippen LogP contribution >= 0.6 is 0 Å². The van der Waals surface area contributed by atoms with Crippen molar-refractivity contribution in [3.05, 3.63) is 72.6 Å². The molecule has 0 spiro atoms. The van der Waals surface area contributed by atoms with Crippen LogP contribution in [0.3, 0.4) is 0 Å². The first kappa shape index (κ1) is 17.7. The number of para-hydroxylation sites is 2. The summed E-state index contributed by atoms with van der Waals surface area (Å²) < 4.78 is 10.9. The Hall–Kier alpha value is -3.67. The maximum absolute atomic E-state index is 5.53. The van der Waals surface area contributed by atoms with E-state index in [2.05, 4.69) is 15.3 Å². The molecule has 6 nitrogen and oxygen atoms in total. The Morgan fingerprint density at radius 2 is 1.79 bits per heavy atom. The molecular formula is C22H20N4O2. The van der Waals surface area contributed by atoms with Gasteiger partial charge in [0.15, 0.2) is 17.3 Å². The average molecular weight is 372 g/mol. The molecule has 6 heteroatoms. The molecule has 2 aromatic heterocycles. The molecule has 140 valence electrons. The van der Waals surface area contributed by atoms with Gasteiger partial charge in [0.2, 0.25) is 0 Å². The maximum atomic E-state index is 5.53. The molecule has 0 radical (unpaired) electrons. The van der Waals surface area contributed by atoms with Crippen molar-refractivity contribution in [2.45, 2.75) is 6.54 Å². The number of methoxy groups -OCH3 is 2. The van der Waals surface area contributed by atoms with Gasteiger partial charge in [-0.05, 0) is 30.3 Å². The molecule has 0 fully saturated rings. The predicted molar refractivity (Wildman–Crippen MR) is 110 cm³/mol. The SMILES string of the molecule is COc1cccc(CNc2nc(-c3cccnc3)nc3ccccc23)c1OC. The summed E-state index contributed by atoms with van der Waals surface area (Å²) in [5, 5.41) is 4.39. The Balaban J connectivity index is 1.73. The molecular weight excluding hydrogens is 352 g/mol. The number of hydrogen-bond donors (Lipinski definition) is 1. The van der Waals surface area contributed by atoms with Crippen molar-refractivity contribution in [3.8, 4) is 22.9 Å². The Kier molecular flexibility index (Phi) is 5.01. The van der Waals surface area contributed by atoms with Crippen LogP contribution in [-0.4, -0.2) is 29.2 Å². The van der Waals surface area contributed by atoms with E-state index in [0.29, 0.717) is 23.9 Å². The van der Waals surface area contributed by atoms with Crippen LogP contribution < -0.4 is 14.8 Å². The minimum atomic E-state index is 0.536. The molecule has 0 aliphatic heterocycles. The van der Waals surface area contributed by atoms with Crippen molar-refractivity contribution in [2.24, 2.45) is 0 Å². The van der Waals surface area contributed by atoms with Crippen molar-refractivity contribution in [2.75, 3.05) is 19.5 Å². The van der Waals surface area contributed by atoms with E-state index in [1.54, 1.807) is 26.6 Å². The lowest BCUT2D eigenvalue weighted by Gasteiger charge is -2.15. The van der Waals surface area contributed by atoms with Gasteiger partial charge >= 0.3 is 0 Å². The van der Waals surface area contributed by atoms with E-state index in [4.69, 9.17) is 14.5 Å². The molecule has 0 saturated carbocycles. The monoisotopic (exact) mass is 372 g/mol. The molecule has 4 rings (SSSR count). The number of fused-ring (bicyclic) bond motifs is 1. The van der Waals surface area contributed by atoms with Crippen molar-refractivity contribution in [1.29, 1.82) is 0 Å². The van der Waals surface area contributed by atoms with Crippen LogP contribution in [0.1, 0.15) is 5.56 Å². The number of anilines is 1. The molecule has 28 heavy (non-hydrogen) atoms.